The second-order valence-electron chi connectivity index (χ2n) is 28.0. The predicted octanol–water partition coefficient (Wildman–Crippen LogP) is 13.3. The maximum Gasteiger partial charge on any atom is 0.213 e. The predicted molar refractivity (Wildman–Crippen MR) is 413 cm³/mol. The van der Waals surface area contributed by atoms with Crippen molar-refractivity contribution >= 4 is 87.2 Å². The lowest BCUT2D eigenvalue weighted by atomic mass is 10.1. The lowest BCUT2D eigenvalue weighted by Crippen LogP contribution is -2.36. The molecular weight excluding hydrogens is 1320 g/mol. The van der Waals surface area contributed by atoms with E-state index in [9.17, 15) is 18.4 Å². The van der Waals surface area contributed by atoms with Gasteiger partial charge in [0.05, 0.1) is 123 Å². The number of rotatable bonds is 22. The number of aryl methyl sites for hydroxylation is 8. The number of unbranched alkanes of at least 4 members (excludes halogenated alkanes) is 4. The van der Waals surface area contributed by atoms with Gasteiger partial charge < -0.3 is 56.7 Å². The third-order valence-electron chi connectivity index (χ3n) is 21.2. The van der Waals surface area contributed by atoms with Gasteiger partial charge in [0.25, 0.3) is 0 Å². The van der Waals surface area contributed by atoms with Crippen molar-refractivity contribution in [1.29, 1.82) is 0 Å². The Bertz CT molecular complexity index is 5010. The van der Waals surface area contributed by atoms with Gasteiger partial charge in [-0.3, -0.25) is 34.2 Å². The van der Waals surface area contributed by atoms with Crippen LogP contribution in [-0.4, -0.2) is 203 Å². The monoisotopic (exact) mass is 1420 g/mol. The summed E-state index contributed by atoms with van der Waals surface area (Å²) in [6.45, 7) is 31.1. The molecule has 22 heteroatoms. The van der Waals surface area contributed by atoms with Crippen LogP contribution in [-0.2, 0) is 45.1 Å². The molecule has 0 spiro atoms. The number of nitrogens with zero attached hydrogens (tertiary/aromatic N) is 10. The standard InChI is InChI=1S/C21H26FN3O2.C21H27N3O2.C20H24FN3O2.C20H25N3O2/c1-15-21-18(14-20(22)23-15)17-6-5-16(26-2)13-19(17)25(21)8-4-3-7-24-9-11-27-12-10-24;1-16-21-19(7-8-22-16)18-6-5-17(25-2)15-20(18)24(21)10-4-3-9-23-11-13-26-14-12-23;1-14-20-17(13-19(21)22-14)16-5-4-15(25)12-18(16)24(20)7-3-2-6-23-8-10-26-11-9-23;1-15-20-18(6-7-21-15)17-5-4-16(24)14-19(17)23(20)9-3-2-8-22-10-12-25-13-11-22/h5-6,13-14H,3-4,7-12H2,1-2H3;5-8,15H,3-4,9-14H2,1-2H3;4-5,12-13,22H,2-3,6-11H2,1H3;4-7,14,21H,2-3,8-13H2,1H3. The molecule has 0 atom stereocenters. The molecule has 552 valence electrons. The van der Waals surface area contributed by atoms with Crippen LogP contribution in [0.25, 0.3) is 87.2 Å². The summed E-state index contributed by atoms with van der Waals surface area (Å²) >= 11 is 0. The molecular formula is C82H102F2N12O8. The van der Waals surface area contributed by atoms with Crippen molar-refractivity contribution < 1.29 is 37.2 Å². The molecule has 0 bridgehead atoms. The Morgan fingerprint density at radius 3 is 1.20 bits per heavy atom. The second kappa shape index (κ2) is 35.0. The molecule has 12 heterocycles. The summed E-state index contributed by atoms with van der Waals surface area (Å²) in [6.07, 6.45) is 12.8. The zero-order valence-corrected chi connectivity index (χ0v) is 61.5. The number of H-pyrrole nitrogens is 2. The quantitative estimate of drug-likeness (QED) is 0.0483. The van der Waals surface area contributed by atoms with Gasteiger partial charge in [-0.1, -0.05) is 0 Å². The highest BCUT2D eigenvalue weighted by Crippen LogP contribution is 2.37. The van der Waals surface area contributed by atoms with Crippen molar-refractivity contribution in [3.63, 3.8) is 0 Å². The average molecular weight is 1420 g/mol. The van der Waals surface area contributed by atoms with Gasteiger partial charge >= 0.3 is 0 Å². The number of hydrogen-bond acceptors (Lipinski definition) is 14. The van der Waals surface area contributed by atoms with Gasteiger partial charge in [0.15, 0.2) is 16.8 Å². The van der Waals surface area contributed by atoms with Crippen molar-refractivity contribution in [2.24, 2.45) is 0 Å². The highest BCUT2D eigenvalue weighted by atomic mass is 19.1. The van der Waals surface area contributed by atoms with Crippen molar-refractivity contribution in [3.05, 3.63) is 165 Å². The van der Waals surface area contributed by atoms with Gasteiger partial charge in [0.1, 0.15) is 11.5 Å². The normalized spacial score (nSPS) is 15.8. The van der Waals surface area contributed by atoms with Gasteiger partial charge in [0.2, 0.25) is 5.95 Å². The molecule has 12 aromatic rings. The van der Waals surface area contributed by atoms with Crippen LogP contribution in [0.3, 0.4) is 0 Å². The molecule has 4 saturated heterocycles. The Hall–Kier alpha value is -8.58. The number of hydrogen-bond donors (Lipinski definition) is 2. The van der Waals surface area contributed by atoms with Gasteiger partial charge in [-0.2, -0.15) is 8.78 Å². The van der Waals surface area contributed by atoms with Gasteiger partial charge in [0, 0.05) is 182 Å². The third-order valence-corrected chi connectivity index (χ3v) is 21.2. The zero-order valence-electron chi connectivity index (χ0n) is 61.5. The number of halogens is 2. The molecule has 0 radical (unpaired) electrons. The summed E-state index contributed by atoms with van der Waals surface area (Å²) in [6, 6.07) is 30.1. The molecule has 0 unspecified atom stereocenters. The van der Waals surface area contributed by atoms with Crippen LogP contribution in [0, 0.1) is 39.6 Å². The Morgan fingerprint density at radius 2 is 0.760 bits per heavy atom. The fourth-order valence-corrected chi connectivity index (χ4v) is 15.9. The summed E-state index contributed by atoms with van der Waals surface area (Å²) in [7, 11) is 3.40. The van der Waals surface area contributed by atoms with E-state index in [1.807, 2.05) is 62.6 Å². The van der Waals surface area contributed by atoms with E-state index in [-0.39, 0.29) is 16.8 Å². The number of aromatic amines is 2. The molecule has 16 rings (SSSR count). The zero-order chi connectivity index (χ0) is 72.1. The molecule has 4 aliphatic heterocycles. The van der Waals surface area contributed by atoms with Crippen LogP contribution >= 0.6 is 0 Å². The van der Waals surface area contributed by atoms with E-state index in [0.29, 0.717) is 0 Å². The number of fused-ring (bicyclic) bond motifs is 12. The molecule has 4 fully saturated rings. The van der Waals surface area contributed by atoms with E-state index in [4.69, 9.17) is 28.4 Å². The smallest absolute Gasteiger partial charge is 0.213 e. The number of methoxy groups -OCH3 is 2. The minimum absolute atomic E-state index is 0.0167. The molecule has 8 aromatic heterocycles. The SMILES string of the molecule is COc1ccc2c3cc(F)nc(C)c3n(CCCCN3CCOCC3)c2c1.COc1ccc2c3ccnc(C)c3n(CCCCN3CCOCC3)c2c1.Cc1[nH]c(F)cc2c3ccc(=O)cc3n(CCCCN3CCOCC3)c12.Cc1[nH]ccc2c3ccc(=O)cc3n(CCCCN3CCOCC3)c12. The molecule has 4 aromatic carbocycles. The first kappa shape index (κ1) is 73.7. The number of ether oxygens (including phenoxy) is 6. The summed E-state index contributed by atoms with van der Waals surface area (Å²) in [4.78, 5) is 48.3. The summed E-state index contributed by atoms with van der Waals surface area (Å²) in [5.41, 5.74) is 12.5. The van der Waals surface area contributed by atoms with E-state index in [0.717, 1.165) is 286 Å². The van der Waals surface area contributed by atoms with Crippen LogP contribution in [0.1, 0.15) is 74.1 Å². The Kier molecular flexibility index (Phi) is 24.8. The van der Waals surface area contributed by atoms with E-state index in [2.05, 4.69) is 95.9 Å². The van der Waals surface area contributed by atoms with Crippen molar-refractivity contribution in [2.45, 2.75) is 105 Å². The average Bonchev–Trinajstić information content (AvgIpc) is 1.63. The van der Waals surface area contributed by atoms with Crippen LogP contribution in [0.4, 0.5) is 8.78 Å². The first-order chi connectivity index (χ1) is 50.8. The molecule has 104 heavy (non-hydrogen) atoms. The number of nitrogens with one attached hydrogen (secondary N) is 2. The van der Waals surface area contributed by atoms with Crippen LogP contribution < -0.4 is 20.3 Å². The number of morpholine rings is 4. The maximum absolute atomic E-state index is 13.9. The highest BCUT2D eigenvalue weighted by molar-refractivity contribution is 6.11. The molecule has 0 aliphatic carbocycles. The van der Waals surface area contributed by atoms with E-state index < -0.39 is 5.95 Å². The number of aromatic nitrogens is 8. The Morgan fingerprint density at radius 1 is 0.394 bits per heavy atom. The first-order valence-electron chi connectivity index (χ1n) is 37.5. The summed E-state index contributed by atoms with van der Waals surface area (Å²) in [5, 5.41) is 8.71. The second-order valence-corrected chi connectivity index (χ2v) is 28.0. The van der Waals surface area contributed by atoms with Crippen LogP contribution in [0.5, 0.6) is 11.5 Å². The summed E-state index contributed by atoms with van der Waals surface area (Å²) in [5.74, 6) is 0.932. The summed E-state index contributed by atoms with van der Waals surface area (Å²) < 4.78 is 69.5. The highest BCUT2D eigenvalue weighted by Gasteiger charge is 2.21. The van der Waals surface area contributed by atoms with Gasteiger partial charge in [-0.05, 0) is 166 Å². The van der Waals surface area contributed by atoms with E-state index in [1.54, 1.807) is 44.6 Å². The minimum atomic E-state index is -0.429. The van der Waals surface area contributed by atoms with Gasteiger partial charge in [-0.15, -0.1) is 0 Å². The van der Waals surface area contributed by atoms with Crippen LogP contribution in [0.2, 0.25) is 0 Å². The van der Waals surface area contributed by atoms with E-state index >= 15 is 0 Å². The fraction of sp³-hybridized carbons (Fsp3) is 0.463. The fourth-order valence-electron chi connectivity index (χ4n) is 15.9. The van der Waals surface area contributed by atoms with Crippen LogP contribution in [0.15, 0.2) is 119 Å². The maximum atomic E-state index is 13.9. The van der Waals surface area contributed by atoms with E-state index in [1.165, 1.54) is 50.6 Å². The molecule has 0 saturated carbocycles. The Balaban J connectivity index is 0.000000123. The number of pyridine rings is 4. The molecule has 20 nitrogen and oxygen atoms in total. The largest absolute Gasteiger partial charge is 0.497 e. The molecule has 4 aliphatic rings. The number of benzene rings is 4. The molecule has 0 amide bonds. The molecule has 2 N–H and O–H groups in total. The first-order valence-corrected chi connectivity index (χ1v) is 37.5. The minimum Gasteiger partial charge on any atom is -0.497 e. The third kappa shape index (κ3) is 17.2. The van der Waals surface area contributed by atoms with Crippen molar-refractivity contribution in [2.75, 3.05) is 146 Å². The lowest BCUT2D eigenvalue weighted by molar-refractivity contribution is 0.0370. The van der Waals surface area contributed by atoms with Gasteiger partial charge in [-0.25, -0.2) is 4.98 Å². The Labute approximate surface area is 606 Å². The lowest BCUT2D eigenvalue weighted by Gasteiger charge is -2.26. The van der Waals surface area contributed by atoms with Crippen molar-refractivity contribution in [1.82, 2.24) is 57.8 Å². The van der Waals surface area contributed by atoms with Crippen molar-refractivity contribution in [3.8, 4) is 11.5 Å². The topological polar surface area (TPSA) is 180 Å².